The summed E-state index contributed by atoms with van der Waals surface area (Å²) in [7, 11) is 0. The molecule has 2 unspecified atom stereocenters. The fourth-order valence-corrected chi connectivity index (χ4v) is 2.32. The highest BCUT2D eigenvalue weighted by atomic mass is 79.9. The monoisotopic (exact) mass is 206 g/mol. The summed E-state index contributed by atoms with van der Waals surface area (Å²) < 4.78 is 0. The van der Waals surface area contributed by atoms with Crippen LogP contribution < -0.4 is 0 Å². The average molecular weight is 207 g/mol. The molecule has 0 aromatic carbocycles. The highest BCUT2D eigenvalue weighted by molar-refractivity contribution is 9.09. The molecule has 0 amide bonds. The van der Waals surface area contributed by atoms with Crippen molar-refractivity contribution in [1.82, 2.24) is 0 Å². The Kier molecular flexibility index (Phi) is 6.50. The first-order valence-corrected chi connectivity index (χ1v) is 5.34. The summed E-state index contributed by atoms with van der Waals surface area (Å²) in [5.41, 5.74) is 0. The molecule has 1 aliphatic carbocycles. The maximum absolute atomic E-state index is 3.63. The molecule has 1 fully saturated rings. The Bertz CT molecular complexity index is 63.1. The number of hydrogen-bond acceptors (Lipinski definition) is 0. The van der Waals surface area contributed by atoms with Crippen LogP contribution in [0.25, 0.3) is 0 Å². The first-order chi connectivity index (χ1) is 4.79. The predicted molar refractivity (Wildman–Crippen MR) is 51.7 cm³/mol. The van der Waals surface area contributed by atoms with Crippen LogP contribution in [0.4, 0.5) is 0 Å². The van der Waals surface area contributed by atoms with Crippen LogP contribution in [0.3, 0.4) is 0 Å². The summed E-state index contributed by atoms with van der Waals surface area (Å²) in [6.07, 6.45) is 5.66. The van der Waals surface area contributed by atoms with Crippen LogP contribution in [0.5, 0.6) is 0 Å². The van der Waals surface area contributed by atoms with E-state index in [0.29, 0.717) is 0 Å². The van der Waals surface area contributed by atoms with Gasteiger partial charge in [-0.05, 0) is 18.8 Å². The van der Waals surface area contributed by atoms with E-state index in [9.17, 15) is 0 Å². The maximum Gasteiger partial charge on any atom is 0.0148 e. The van der Waals surface area contributed by atoms with E-state index in [-0.39, 0.29) is 0 Å². The van der Waals surface area contributed by atoms with Gasteiger partial charge >= 0.3 is 0 Å². The average Bonchev–Trinajstić information content (AvgIpc) is 1.91. The summed E-state index contributed by atoms with van der Waals surface area (Å²) in [5, 5.41) is 0. The summed E-state index contributed by atoms with van der Waals surface area (Å²) >= 11 is 3.63. The number of alkyl halides is 1. The van der Waals surface area contributed by atoms with Crippen molar-refractivity contribution in [1.29, 1.82) is 0 Å². The molecule has 0 aliphatic heterocycles. The number of halogens is 1. The van der Waals surface area contributed by atoms with Crippen molar-refractivity contribution < 1.29 is 0 Å². The molecule has 0 aromatic rings. The minimum Gasteiger partial charge on any atom is -0.0891 e. The van der Waals surface area contributed by atoms with Gasteiger partial charge in [0.15, 0.2) is 0 Å². The Labute approximate surface area is 73.5 Å². The molecule has 1 saturated carbocycles. The molecule has 1 aliphatic rings. The molecule has 0 aromatic heterocycles. The van der Waals surface area contributed by atoms with Gasteiger partial charge in [0.2, 0.25) is 0 Å². The van der Waals surface area contributed by atoms with Gasteiger partial charge in [-0.25, -0.2) is 0 Å². The lowest BCUT2D eigenvalue weighted by molar-refractivity contribution is 0.398. The van der Waals surface area contributed by atoms with E-state index >= 15 is 0 Å². The van der Waals surface area contributed by atoms with Crippen LogP contribution in [0, 0.1) is 5.92 Å². The first-order valence-electron chi connectivity index (χ1n) is 4.43. The van der Waals surface area contributed by atoms with E-state index in [1.54, 1.807) is 0 Å². The molecule has 0 saturated heterocycles. The summed E-state index contributed by atoms with van der Waals surface area (Å²) in [5.74, 6) is 0.966. The van der Waals surface area contributed by atoms with Crippen molar-refractivity contribution in [3.8, 4) is 0 Å². The standard InChI is InChI=1S/C7H13Br.C2H6/c1-6-3-2-4-7(8)5-6;1-2/h6-7H,2-5H2,1H3;1-2H3. The molecule has 1 heteroatoms. The van der Waals surface area contributed by atoms with Crippen LogP contribution in [0.2, 0.25) is 0 Å². The van der Waals surface area contributed by atoms with Gasteiger partial charge in [-0.3, -0.25) is 0 Å². The summed E-state index contributed by atoms with van der Waals surface area (Å²) in [6, 6.07) is 0. The number of rotatable bonds is 0. The summed E-state index contributed by atoms with van der Waals surface area (Å²) in [4.78, 5) is 0.825. The topological polar surface area (TPSA) is 0 Å². The van der Waals surface area contributed by atoms with Crippen molar-refractivity contribution in [2.45, 2.75) is 51.3 Å². The van der Waals surface area contributed by atoms with Crippen LogP contribution in [-0.2, 0) is 0 Å². The van der Waals surface area contributed by atoms with Gasteiger partial charge in [0, 0.05) is 4.83 Å². The van der Waals surface area contributed by atoms with Crippen LogP contribution in [0.1, 0.15) is 46.5 Å². The molecule has 0 bridgehead atoms. The van der Waals surface area contributed by atoms with Gasteiger partial charge in [-0.1, -0.05) is 49.5 Å². The lowest BCUT2D eigenvalue weighted by Gasteiger charge is -2.21. The van der Waals surface area contributed by atoms with Gasteiger partial charge in [-0.2, -0.15) is 0 Å². The molecular weight excluding hydrogens is 188 g/mol. The minimum atomic E-state index is 0.825. The van der Waals surface area contributed by atoms with Gasteiger partial charge in [0.1, 0.15) is 0 Å². The van der Waals surface area contributed by atoms with Crippen LogP contribution >= 0.6 is 15.9 Å². The molecule has 62 valence electrons. The molecule has 2 atom stereocenters. The van der Waals surface area contributed by atoms with Gasteiger partial charge in [0.25, 0.3) is 0 Å². The zero-order chi connectivity index (χ0) is 7.98. The first kappa shape index (κ1) is 10.5. The van der Waals surface area contributed by atoms with Crippen LogP contribution in [0.15, 0.2) is 0 Å². The second-order valence-electron chi connectivity index (χ2n) is 2.87. The molecule has 0 spiro atoms. The van der Waals surface area contributed by atoms with E-state index in [1.807, 2.05) is 13.8 Å². The highest BCUT2D eigenvalue weighted by Crippen LogP contribution is 2.27. The van der Waals surface area contributed by atoms with Crippen molar-refractivity contribution >= 4 is 15.9 Å². The highest BCUT2D eigenvalue weighted by Gasteiger charge is 2.14. The molecule has 0 heterocycles. The smallest absolute Gasteiger partial charge is 0.0148 e. The van der Waals surface area contributed by atoms with E-state index in [2.05, 4.69) is 22.9 Å². The fraction of sp³-hybridized carbons (Fsp3) is 1.00. The molecule has 0 nitrogen and oxygen atoms in total. The van der Waals surface area contributed by atoms with Gasteiger partial charge < -0.3 is 0 Å². The summed E-state index contributed by atoms with van der Waals surface area (Å²) in [6.45, 7) is 6.34. The SMILES string of the molecule is CC.CC1CCCC(Br)C1. The third-order valence-corrected chi connectivity index (χ3v) is 2.70. The lowest BCUT2D eigenvalue weighted by Crippen LogP contribution is -2.11. The zero-order valence-electron chi connectivity index (χ0n) is 7.36. The second kappa shape index (κ2) is 6.21. The second-order valence-corrected chi connectivity index (χ2v) is 4.16. The van der Waals surface area contributed by atoms with Crippen molar-refractivity contribution in [3.05, 3.63) is 0 Å². The molecular formula is C9H19Br. The van der Waals surface area contributed by atoms with Crippen molar-refractivity contribution in [2.75, 3.05) is 0 Å². The Morgan fingerprint density at radius 1 is 1.20 bits per heavy atom. The normalized spacial score (nSPS) is 32.4. The zero-order valence-corrected chi connectivity index (χ0v) is 8.95. The fourth-order valence-electron chi connectivity index (χ4n) is 1.36. The van der Waals surface area contributed by atoms with E-state index in [0.717, 1.165) is 10.7 Å². The number of hydrogen-bond donors (Lipinski definition) is 0. The third-order valence-electron chi connectivity index (χ3n) is 1.87. The molecule has 0 radical (unpaired) electrons. The molecule has 0 N–H and O–H groups in total. The van der Waals surface area contributed by atoms with Gasteiger partial charge in [-0.15, -0.1) is 0 Å². The molecule has 1 rings (SSSR count). The minimum absolute atomic E-state index is 0.825. The Balaban J connectivity index is 0.000000371. The van der Waals surface area contributed by atoms with Crippen molar-refractivity contribution in [2.24, 2.45) is 5.92 Å². The third kappa shape index (κ3) is 4.32. The quantitative estimate of drug-likeness (QED) is 0.527. The largest absolute Gasteiger partial charge is 0.0891 e. The molecule has 10 heavy (non-hydrogen) atoms. The van der Waals surface area contributed by atoms with E-state index in [1.165, 1.54) is 25.7 Å². The Morgan fingerprint density at radius 3 is 2.10 bits per heavy atom. The Hall–Kier alpha value is 0.480. The van der Waals surface area contributed by atoms with E-state index in [4.69, 9.17) is 0 Å². The lowest BCUT2D eigenvalue weighted by atomic mass is 9.91. The predicted octanol–water partition coefficient (Wildman–Crippen LogP) is 3.99. The van der Waals surface area contributed by atoms with Crippen LogP contribution in [-0.4, -0.2) is 4.83 Å². The Morgan fingerprint density at radius 2 is 1.80 bits per heavy atom. The van der Waals surface area contributed by atoms with Crippen molar-refractivity contribution in [3.63, 3.8) is 0 Å². The van der Waals surface area contributed by atoms with E-state index < -0.39 is 0 Å². The maximum atomic E-state index is 3.63. The van der Waals surface area contributed by atoms with Gasteiger partial charge in [0.05, 0.1) is 0 Å².